The van der Waals surface area contributed by atoms with Gasteiger partial charge in [0.1, 0.15) is 5.75 Å². The van der Waals surface area contributed by atoms with Gasteiger partial charge in [0.05, 0.1) is 32.6 Å². The molecular weight excluding hydrogens is 444 g/mol. The molecule has 1 aromatic heterocycles. The van der Waals surface area contributed by atoms with Crippen LogP contribution in [0, 0.1) is 0 Å². The summed E-state index contributed by atoms with van der Waals surface area (Å²) in [6.07, 6.45) is 2.31. The summed E-state index contributed by atoms with van der Waals surface area (Å²) in [5, 5.41) is 2.99. The van der Waals surface area contributed by atoms with Gasteiger partial charge in [-0.25, -0.2) is 4.98 Å². The summed E-state index contributed by atoms with van der Waals surface area (Å²) in [5.41, 5.74) is 3.04. The summed E-state index contributed by atoms with van der Waals surface area (Å²) in [6.45, 7) is 3.02. The van der Waals surface area contributed by atoms with E-state index in [0.717, 1.165) is 16.9 Å². The van der Waals surface area contributed by atoms with Crippen LogP contribution in [0.25, 0.3) is 22.8 Å². The number of ether oxygens (including phenoxy) is 3. The number of rotatable bonds is 10. The van der Waals surface area contributed by atoms with Crippen molar-refractivity contribution < 1.29 is 23.4 Å². The molecule has 0 aliphatic heterocycles. The Morgan fingerprint density at radius 2 is 1.74 bits per heavy atom. The maximum absolute atomic E-state index is 13.0. The largest absolute Gasteiger partial charge is 0.494 e. The Morgan fingerprint density at radius 3 is 2.49 bits per heavy atom. The van der Waals surface area contributed by atoms with Gasteiger partial charge in [-0.15, -0.1) is 0 Å². The Balaban J connectivity index is 1.45. The van der Waals surface area contributed by atoms with E-state index in [-0.39, 0.29) is 5.91 Å². The van der Waals surface area contributed by atoms with Gasteiger partial charge in [0.15, 0.2) is 17.3 Å². The molecule has 7 nitrogen and oxygen atoms in total. The molecule has 4 rings (SSSR count). The standard InChI is InChI=1S/C28H28N2O5/c1-4-34-21-12-10-20(11-13-21)26-18-30-28(35-26)23-8-6-5-7-22(23)27(31)29-16-15-19-9-14-24(32-2)25(17-19)33-3/h5-14,17-18H,4,15-16H2,1-3H3,(H,29,31). The zero-order valence-corrected chi connectivity index (χ0v) is 20.0. The number of hydrogen-bond donors (Lipinski definition) is 1. The molecule has 1 N–H and O–H groups in total. The smallest absolute Gasteiger partial charge is 0.252 e. The molecule has 0 bridgehead atoms. The van der Waals surface area contributed by atoms with Crippen LogP contribution in [0.3, 0.4) is 0 Å². The van der Waals surface area contributed by atoms with E-state index in [1.54, 1.807) is 26.5 Å². The first-order chi connectivity index (χ1) is 17.1. The van der Waals surface area contributed by atoms with Crippen molar-refractivity contribution in [2.75, 3.05) is 27.4 Å². The average Bonchev–Trinajstić information content (AvgIpc) is 3.39. The van der Waals surface area contributed by atoms with E-state index >= 15 is 0 Å². The Hall–Kier alpha value is -4.26. The lowest BCUT2D eigenvalue weighted by Gasteiger charge is -2.11. The van der Waals surface area contributed by atoms with Gasteiger partial charge in [-0.3, -0.25) is 4.79 Å². The molecule has 1 amide bonds. The molecule has 0 aliphatic rings. The Bertz CT molecular complexity index is 1280. The van der Waals surface area contributed by atoms with Crippen molar-refractivity contribution in [3.05, 3.63) is 84.1 Å². The summed E-state index contributed by atoms with van der Waals surface area (Å²) in [6, 6.07) is 20.6. The number of nitrogens with one attached hydrogen (secondary N) is 1. The minimum atomic E-state index is -0.193. The number of carbonyl (C=O) groups is 1. The molecule has 7 heteroatoms. The molecule has 0 radical (unpaired) electrons. The van der Waals surface area contributed by atoms with Gasteiger partial charge >= 0.3 is 0 Å². The topological polar surface area (TPSA) is 82.8 Å². The molecule has 1 heterocycles. The fourth-order valence-electron chi connectivity index (χ4n) is 3.73. The summed E-state index contributed by atoms with van der Waals surface area (Å²) in [4.78, 5) is 17.4. The maximum Gasteiger partial charge on any atom is 0.252 e. The SMILES string of the molecule is CCOc1ccc(-c2cnc(-c3ccccc3C(=O)NCCc3ccc(OC)c(OC)c3)o2)cc1. The first-order valence-electron chi connectivity index (χ1n) is 11.4. The molecular formula is C28H28N2O5. The molecule has 0 unspecified atom stereocenters. The van der Waals surface area contributed by atoms with Crippen molar-refractivity contribution in [2.45, 2.75) is 13.3 Å². The number of benzene rings is 3. The van der Waals surface area contributed by atoms with Gasteiger partial charge in [-0.05, 0) is 67.4 Å². The third-order valence-corrected chi connectivity index (χ3v) is 5.50. The summed E-state index contributed by atoms with van der Waals surface area (Å²) in [7, 11) is 3.20. The van der Waals surface area contributed by atoms with E-state index in [0.29, 0.717) is 53.8 Å². The fourth-order valence-corrected chi connectivity index (χ4v) is 3.73. The summed E-state index contributed by atoms with van der Waals surface area (Å²) >= 11 is 0. The Labute approximate surface area is 204 Å². The van der Waals surface area contributed by atoms with Gasteiger partial charge in [-0.1, -0.05) is 18.2 Å². The number of amides is 1. The number of hydrogen-bond acceptors (Lipinski definition) is 6. The van der Waals surface area contributed by atoms with Gasteiger partial charge in [0.2, 0.25) is 5.89 Å². The van der Waals surface area contributed by atoms with E-state index in [9.17, 15) is 4.79 Å². The fraction of sp³-hybridized carbons (Fsp3) is 0.214. The molecule has 180 valence electrons. The second kappa shape index (κ2) is 11.2. The molecule has 4 aromatic rings. The number of carbonyl (C=O) groups excluding carboxylic acids is 1. The first kappa shape index (κ1) is 23.9. The van der Waals surface area contributed by atoms with Gasteiger partial charge in [0, 0.05) is 17.7 Å². The van der Waals surface area contributed by atoms with E-state index in [1.807, 2.05) is 67.6 Å². The van der Waals surface area contributed by atoms with Crippen LogP contribution in [0.4, 0.5) is 0 Å². The molecule has 3 aromatic carbocycles. The number of aromatic nitrogens is 1. The van der Waals surface area contributed by atoms with E-state index in [2.05, 4.69) is 10.3 Å². The van der Waals surface area contributed by atoms with Gasteiger partial charge in [0.25, 0.3) is 5.91 Å². The van der Waals surface area contributed by atoms with Gasteiger partial charge in [-0.2, -0.15) is 0 Å². The first-order valence-corrected chi connectivity index (χ1v) is 11.4. The molecule has 0 saturated carbocycles. The minimum absolute atomic E-state index is 0.193. The van der Waals surface area contributed by atoms with Crippen LogP contribution in [-0.2, 0) is 6.42 Å². The average molecular weight is 473 g/mol. The molecule has 0 saturated heterocycles. The molecule has 0 fully saturated rings. The predicted octanol–water partition coefficient (Wildman–Crippen LogP) is 5.40. The molecule has 0 aliphatic carbocycles. The van der Waals surface area contributed by atoms with E-state index in [1.165, 1.54) is 0 Å². The summed E-state index contributed by atoms with van der Waals surface area (Å²) in [5.74, 6) is 2.94. The maximum atomic E-state index is 13.0. The second-order valence-electron chi connectivity index (χ2n) is 7.73. The Morgan fingerprint density at radius 1 is 0.971 bits per heavy atom. The zero-order chi connectivity index (χ0) is 24.6. The second-order valence-corrected chi connectivity index (χ2v) is 7.73. The molecule has 35 heavy (non-hydrogen) atoms. The van der Waals surface area contributed by atoms with Crippen molar-refractivity contribution in [2.24, 2.45) is 0 Å². The predicted molar refractivity (Wildman–Crippen MR) is 134 cm³/mol. The van der Waals surface area contributed by atoms with Crippen LogP contribution in [0.2, 0.25) is 0 Å². The highest BCUT2D eigenvalue weighted by Gasteiger charge is 2.17. The monoisotopic (exact) mass is 472 g/mol. The van der Waals surface area contributed by atoms with Crippen LogP contribution in [0.15, 0.2) is 77.3 Å². The van der Waals surface area contributed by atoms with Crippen LogP contribution in [0.1, 0.15) is 22.8 Å². The molecule has 0 atom stereocenters. The normalized spacial score (nSPS) is 10.6. The van der Waals surface area contributed by atoms with Gasteiger partial charge < -0.3 is 23.9 Å². The lowest BCUT2D eigenvalue weighted by Crippen LogP contribution is -2.26. The zero-order valence-electron chi connectivity index (χ0n) is 20.0. The van der Waals surface area contributed by atoms with Crippen molar-refractivity contribution in [3.8, 4) is 40.0 Å². The number of methoxy groups -OCH3 is 2. The summed E-state index contributed by atoms with van der Waals surface area (Å²) < 4.78 is 22.1. The van der Waals surface area contributed by atoms with Crippen molar-refractivity contribution >= 4 is 5.91 Å². The highest BCUT2D eigenvalue weighted by Crippen LogP contribution is 2.30. The van der Waals surface area contributed by atoms with Crippen molar-refractivity contribution in [3.63, 3.8) is 0 Å². The highest BCUT2D eigenvalue weighted by molar-refractivity contribution is 6.00. The van der Waals surface area contributed by atoms with Crippen molar-refractivity contribution in [1.29, 1.82) is 0 Å². The van der Waals surface area contributed by atoms with Crippen LogP contribution in [-0.4, -0.2) is 38.3 Å². The molecule has 0 spiro atoms. The van der Waals surface area contributed by atoms with Crippen LogP contribution in [0.5, 0.6) is 17.2 Å². The quantitative estimate of drug-likeness (QED) is 0.333. The third-order valence-electron chi connectivity index (χ3n) is 5.50. The minimum Gasteiger partial charge on any atom is -0.494 e. The van der Waals surface area contributed by atoms with Crippen LogP contribution < -0.4 is 19.5 Å². The van der Waals surface area contributed by atoms with Crippen molar-refractivity contribution in [1.82, 2.24) is 10.3 Å². The lowest BCUT2D eigenvalue weighted by molar-refractivity contribution is 0.0954. The number of oxazole rings is 1. The third kappa shape index (κ3) is 5.63. The lowest BCUT2D eigenvalue weighted by atomic mass is 10.1. The van der Waals surface area contributed by atoms with E-state index < -0.39 is 0 Å². The number of nitrogens with zero attached hydrogens (tertiary/aromatic N) is 1. The highest BCUT2D eigenvalue weighted by atomic mass is 16.5. The Kier molecular flexibility index (Phi) is 7.67. The van der Waals surface area contributed by atoms with E-state index in [4.69, 9.17) is 18.6 Å². The van der Waals surface area contributed by atoms with Crippen LogP contribution >= 0.6 is 0 Å².